The molecule has 18 heavy (non-hydrogen) atoms. The van der Waals surface area contributed by atoms with E-state index in [0.717, 1.165) is 0 Å². The lowest BCUT2D eigenvalue weighted by Crippen LogP contribution is -2.26. The molecule has 0 amide bonds. The number of carboxylic acid groups (broad SMARTS) is 1. The summed E-state index contributed by atoms with van der Waals surface area (Å²) < 4.78 is 0. The molecule has 1 aromatic carbocycles. The number of nitrogens with zero attached hydrogens (tertiary/aromatic N) is 1. The van der Waals surface area contributed by atoms with Gasteiger partial charge in [-0.25, -0.2) is 0 Å². The first-order valence-corrected chi connectivity index (χ1v) is 6.32. The van der Waals surface area contributed by atoms with Crippen molar-refractivity contribution in [3.63, 3.8) is 0 Å². The second kappa shape index (κ2) is 6.01. The summed E-state index contributed by atoms with van der Waals surface area (Å²) in [5.41, 5.74) is 5.15. The Bertz CT molecular complexity index is 417. The highest BCUT2D eigenvalue weighted by Gasteiger charge is 2.16. The van der Waals surface area contributed by atoms with E-state index in [9.17, 15) is 4.79 Å². The van der Waals surface area contributed by atoms with Crippen LogP contribution in [-0.4, -0.2) is 29.6 Å². The third kappa shape index (κ3) is 3.57. The van der Waals surface area contributed by atoms with Crippen molar-refractivity contribution in [3.05, 3.63) is 34.4 Å². The highest BCUT2D eigenvalue weighted by molar-refractivity contribution is 5.66. The van der Waals surface area contributed by atoms with E-state index in [-0.39, 0.29) is 12.5 Å². The lowest BCUT2D eigenvalue weighted by atomic mass is 9.94. The molecule has 0 saturated heterocycles. The number of hydrogen-bond donors (Lipinski definition) is 1. The normalized spacial score (nSPS) is 12.8. The summed E-state index contributed by atoms with van der Waals surface area (Å²) in [7, 11) is 1.98. The maximum absolute atomic E-state index is 10.6. The van der Waals surface area contributed by atoms with Gasteiger partial charge in [-0.15, -0.1) is 0 Å². The van der Waals surface area contributed by atoms with Crippen molar-refractivity contribution < 1.29 is 9.90 Å². The fourth-order valence-corrected chi connectivity index (χ4v) is 2.54. The molecule has 100 valence electrons. The number of aliphatic carboxylic acids is 1. The highest BCUT2D eigenvalue weighted by atomic mass is 16.4. The Balaban J connectivity index is 2.89. The Morgan fingerprint density at radius 2 is 1.78 bits per heavy atom. The van der Waals surface area contributed by atoms with E-state index >= 15 is 0 Å². The average Bonchev–Trinajstić information content (AvgIpc) is 2.24. The molecule has 0 aliphatic carbocycles. The second-order valence-electron chi connectivity index (χ2n) is 5.11. The third-order valence-corrected chi connectivity index (χ3v) is 3.50. The van der Waals surface area contributed by atoms with E-state index in [1.165, 1.54) is 22.3 Å². The number of benzene rings is 1. The molecule has 0 aliphatic rings. The molecule has 0 saturated carbocycles. The van der Waals surface area contributed by atoms with Crippen molar-refractivity contribution in [1.82, 2.24) is 4.90 Å². The van der Waals surface area contributed by atoms with Crippen LogP contribution in [0.15, 0.2) is 12.1 Å². The number of carbonyl (C=O) groups is 1. The molecule has 1 N–H and O–H groups in total. The van der Waals surface area contributed by atoms with E-state index in [1.54, 1.807) is 0 Å². The quantitative estimate of drug-likeness (QED) is 0.871. The van der Waals surface area contributed by atoms with E-state index in [4.69, 9.17) is 5.11 Å². The van der Waals surface area contributed by atoms with Crippen molar-refractivity contribution in [2.24, 2.45) is 0 Å². The van der Waals surface area contributed by atoms with Gasteiger partial charge in [0.05, 0.1) is 6.42 Å². The number of hydrogen-bond acceptors (Lipinski definition) is 2. The van der Waals surface area contributed by atoms with Crippen LogP contribution in [-0.2, 0) is 4.79 Å². The van der Waals surface area contributed by atoms with Gasteiger partial charge in [0.1, 0.15) is 0 Å². The summed E-state index contributed by atoms with van der Waals surface area (Å²) in [5.74, 6) is -0.744. The van der Waals surface area contributed by atoms with Crippen LogP contribution in [0.25, 0.3) is 0 Å². The van der Waals surface area contributed by atoms with Gasteiger partial charge in [0.25, 0.3) is 0 Å². The molecule has 0 bridgehead atoms. The van der Waals surface area contributed by atoms with Gasteiger partial charge in [0.2, 0.25) is 0 Å². The Labute approximate surface area is 109 Å². The molecule has 0 spiro atoms. The fourth-order valence-electron chi connectivity index (χ4n) is 2.54. The van der Waals surface area contributed by atoms with Gasteiger partial charge >= 0.3 is 5.97 Å². The molecule has 0 radical (unpaired) electrons. The van der Waals surface area contributed by atoms with Crippen LogP contribution in [0.2, 0.25) is 0 Å². The standard InChI is InChI=1S/C15H23NO2/c1-10-8-11(2)15(12(3)9-10)13(4)16(5)7-6-14(17)18/h8-9,13H,6-7H2,1-5H3,(H,17,18). The highest BCUT2D eigenvalue weighted by Crippen LogP contribution is 2.27. The number of aryl methyl sites for hydroxylation is 3. The molecule has 3 nitrogen and oxygen atoms in total. The summed E-state index contributed by atoms with van der Waals surface area (Å²) in [4.78, 5) is 12.7. The average molecular weight is 249 g/mol. The van der Waals surface area contributed by atoms with Crippen molar-refractivity contribution in [1.29, 1.82) is 0 Å². The van der Waals surface area contributed by atoms with Crippen molar-refractivity contribution in [3.8, 4) is 0 Å². The SMILES string of the molecule is Cc1cc(C)c(C(C)N(C)CCC(=O)O)c(C)c1. The van der Waals surface area contributed by atoms with Crippen molar-refractivity contribution in [2.45, 2.75) is 40.2 Å². The van der Waals surface area contributed by atoms with Crippen molar-refractivity contribution in [2.75, 3.05) is 13.6 Å². The van der Waals surface area contributed by atoms with Crippen LogP contribution in [0.4, 0.5) is 0 Å². The minimum absolute atomic E-state index is 0.185. The first-order chi connectivity index (χ1) is 8.32. The zero-order valence-electron chi connectivity index (χ0n) is 11.9. The molecule has 0 aliphatic heterocycles. The predicted molar refractivity (Wildman–Crippen MR) is 74.0 cm³/mol. The number of rotatable bonds is 5. The molecule has 1 rings (SSSR count). The van der Waals surface area contributed by atoms with Gasteiger partial charge in [-0.3, -0.25) is 9.69 Å². The Kier molecular flexibility index (Phi) is 4.91. The molecule has 1 aromatic rings. The molecule has 0 fully saturated rings. The smallest absolute Gasteiger partial charge is 0.304 e. The van der Waals surface area contributed by atoms with Crippen LogP contribution < -0.4 is 0 Å². The molecule has 1 unspecified atom stereocenters. The first kappa shape index (κ1) is 14.7. The van der Waals surface area contributed by atoms with Crippen LogP contribution >= 0.6 is 0 Å². The maximum Gasteiger partial charge on any atom is 0.304 e. The van der Waals surface area contributed by atoms with Gasteiger partial charge in [-0.2, -0.15) is 0 Å². The lowest BCUT2D eigenvalue weighted by molar-refractivity contribution is -0.137. The maximum atomic E-state index is 10.6. The lowest BCUT2D eigenvalue weighted by Gasteiger charge is -2.27. The van der Waals surface area contributed by atoms with E-state index < -0.39 is 5.97 Å². The number of carboxylic acids is 1. The largest absolute Gasteiger partial charge is 0.481 e. The van der Waals surface area contributed by atoms with E-state index in [1.807, 2.05) is 7.05 Å². The summed E-state index contributed by atoms with van der Waals surface area (Å²) >= 11 is 0. The van der Waals surface area contributed by atoms with Gasteiger partial charge in [0, 0.05) is 12.6 Å². The Morgan fingerprint density at radius 1 is 1.28 bits per heavy atom. The molecule has 0 aromatic heterocycles. The van der Waals surface area contributed by atoms with E-state index in [0.29, 0.717) is 6.54 Å². The third-order valence-electron chi connectivity index (χ3n) is 3.50. The second-order valence-corrected chi connectivity index (χ2v) is 5.11. The van der Waals surface area contributed by atoms with Crippen molar-refractivity contribution >= 4 is 5.97 Å². The summed E-state index contributed by atoms with van der Waals surface area (Å²) in [5, 5.41) is 8.73. The molecule has 1 atom stereocenters. The van der Waals surface area contributed by atoms with Gasteiger partial charge < -0.3 is 5.11 Å². The predicted octanol–water partition coefficient (Wildman–Crippen LogP) is 3.08. The minimum atomic E-state index is -0.744. The monoisotopic (exact) mass is 249 g/mol. The Hall–Kier alpha value is -1.35. The molecule has 0 heterocycles. The fraction of sp³-hybridized carbons (Fsp3) is 0.533. The first-order valence-electron chi connectivity index (χ1n) is 6.32. The summed E-state index contributed by atoms with van der Waals surface area (Å²) in [6, 6.07) is 4.61. The topological polar surface area (TPSA) is 40.5 Å². The summed E-state index contributed by atoms with van der Waals surface area (Å²) in [6.07, 6.45) is 0.185. The van der Waals surface area contributed by atoms with Gasteiger partial charge in [0.15, 0.2) is 0 Å². The zero-order valence-corrected chi connectivity index (χ0v) is 11.9. The minimum Gasteiger partial charge on any atom is -0.481 e. The zero-order chi connectivity index (χ0) is 13.9. The molecular weight excluding hydrogens is 226 g/mol. The van der Waals surface area contributed by atoms with Gasteiger partial charge in [-0.1, -0.05) is 17.7 Å². The van der Waals surface area contributed by atoms with Crippen LogP contribution in [0, 0.1) is 20.8 Å². The summed E-state index contributed by atoms with van der Waals surface area (Å²) in [6.45, 7) is 9.05. The van der Waals surface area contributed by atoms with Gasteiger partial charge in [-0.05, 0) is 51.4 Å². The van der Waals surface area contributed by atoms with E-state index in [2.05, 4.69) is 44.7 Å². The van der Waals surface area contributed by atoms with Crippen LogP contribution in [0.3, 0.4) is 0 Å². The van der Waals surface area contributed by atoms with Crippen LogP contribution in [0.5, 0.6) is 0 Å². The molecule has 3 heteroatoms. The Morgan fingerprint density at radius 3 is 2.22 bits per heavy atom. The van der Waals surface area contributed by atoms with Crippen LogP contribution in [0.1, 0.15) is 41.6 Å². The molecular formula is C15H23NO2.